The average Bonchev–Trinajstić information content (AvgIpc) is 2.56. The summed E-state index contributed by atoms with van der Waals surface area (Å²) in [4.78, 5) is 12.6. The second-order valence-electron chi connectivity index (χ2n) is 5.20. The average molecular weight is 294 g/mol. The largest absolute Gasteiger partial charge is 0.493 e. The van der Waals surface area contributed by atoms with Gasteiger partial charge in [-0.2, -0.15) is 0 Å². The van der Waals surface area contributed by atoms with E-state index in [4.69, 9.17) is 9.15 Å². The molecule has 3 rings (SSSR count). The minimum atomic E-state index is -0.0208. The monoisotopic (exact) mass is 294 g/mol. The normalized spacial score (nSPS) is 10.8. The molecule has 0 saturated carbocycles. The van der Waals surface area contributed by atoms with E-state index in [1.165, 1.54) is 6.26 Å². The van der Waals surface area contributed by atoms with E-state index in [0.717, 1.165) is 24.2 Å². The van der Waals surface area contributed by atoms with E-state index in [0.29, 0.717) is 23.1 Å². The maximum absolute atomic E-state index is 12.6. The van der Waals surface area contributed by atoms with Crippen molar-refractivity contribution in [2.75, 3.05) is 6.61 Å². The number of hydrogen-bond donors (Lipinski definition) is 0. The number of hydrogen-bond acceptors (Lipinski definition) is 3. The summed E-state index contributed by atoms with van der Waals surface area (Å²) < 4.78 is 11.3. The first-order chi connectivity index (χ1) is 10.8. The van der Waals surface area contributed by atoms with Crippen molar-refractivity contribution in [1.82, 2.24) is 0 Å². The lowest BCUT2D eigenvalue weighted by Crippen LogP contribution is -2.05. The van der Waals surface area contributed by atoms with Crippen molar-refractivity contribution >= 4 is 11.0 Å². The maximum Gasteiger partial charge on any atom is 0.200 e. The van der Waals surface area contributed by atoms with Crippen molar-refractivity contribution in [2.45, 2.75) is 19.8 Å². The molecule has 3 nitrogen and oxygen atoms in total. The van der Waals surface area contributed by atoms with E-state index in [1.54, 1.807) is 12.1 Å². The van der Waals surface area contributed by atoms with Crippen molar-refractivity contribution in [1.29, 1.82) is 0 Å². The minimum absolute atomic E-state index is 0.0208. The summed E-state index contributed by atoms with van der Waals surface area (Å²) in [6.45, 7) is 2.79. The molecule has 0 bridgehead atoms. The number of benzene rings is 2. The Hall–Kier alpha value is -2.55. The highest BCUT2D eigenvalue weighted by molar-refractivity contribution is 5.82. The van der Waals surface area contributed by atoms with Crippen molar-refractivity contribution < 1.29 is 9.15 Å². The molecule has 0 aliphatic carbocycles. The molecule has 0 N–H and O–H groups in total. The fourth-order valence-corrected chi connectivity index (χ4v) is 2.35. The molecule has 0 spiro atoms. The van der Waals surface area contributed by atoms with Gasteiger partial charge >= 0.3 is 0 Å². The summed E-state index contributed by atoms with van der Waals surface area (Å²) >= 11 is 0. The van der Waals surface area contributed by atoms with Crippen molar-refractivity contribution in [3.63, 3.8) is 0 Å². The SMILES string of the molecule is CCCCOc1ccc2c(=O)c(-c3ccccc3)coc2c1. The number of ether oxygens (including phenoxy) is 1. The molecule has 0 atom stereocenters. The first-order valence-electron chi connectivity index (χ1n) is 7.53. The molecule has 112 valence electrons. The van der Waals surface area contributed by atoms with Crippen LogP contribution in [0.5, 0.6) is 5.75 Å². The van der Waals surface area contributed by atoms with Crippen molar-refractivity contribution in [2.24, 2.45) is 0 Å². The molecule has 2 aromatic carbocycles. The molecule has 0 amide bonds. The van der Waals surface area contributed by atoms with Crippen LogP contribution in [0.4, 0.5) is 0 Å². The molecule has 0 aliphatic rings. The van der Waals surface area contributed by atoms with E-state index < -0.39 is 0 Å². The highest BCUT2D eigenvalue weighted by atomic mass is 16.5. The van der Waals surface area contributed by atoms with Gasteiger partial charge in [-0.1, -0.05) is 43.7 Å². The van der Waals surface area contributed by atoms with Gasteiger partial charge < -0.3 is 9.15 Å². The zero-order chi connectivity index (χ0) is 15.4. The number of rotatable bonds is 5. The molecular formula is C19H18O3. The van der Waals surface area contributed by atoms with E-state index in [2.05, 4.69) is 6.92 Å². The summed E-state index contributed by atoms with van der Waals surface area (Å²) in [6, 6.07) is 14.9. The third-order valence-corrected chi connectivity index (χ3v) is 3.60. The van der Waals surface area contributed by atoms with Gasteiger partial charge in [-0.3, -0.25) is 4.79 Å². The van der Waals surface area contributed by atoms with Gasteiger partial charge in [-0.05, 0) is 24.1 Å². The van der Waals surface area contributed by atoms with Crippen LogP contribution in [-0.4, -0.2) is 6.61 Å². The van der Waals surface area contributed by atoms with Crippen LogP contribution >= 0.6 is 0 Å². The second kappa shape index (κ2) is 6.48. The molecule has 1 heterocycles. The maximum atomic E-state index is 12.6. The molecular weight excluding hydrogens is 276 g/mol. The summed E-state index contributed by atoms with van der Waals surface area (Å²) in [5.41, 5.74) is 1.97. The molecule has 3 heteroatoms. The Morgan fingerprint density at radius 1 is 1.09 bits per heavy atom. The van der Waals surface area contributed by atoms with E-state index in [9.17, 15) is 4.79 Å². The van der Waals surface area contributed by atoms with E-state index in [-0.39, 0.29) is 5.43 Å². The summed E-state index contributed by atoms with van der Waals surface area (Å²) in [5, 5.41) is 0.573. The molecule has 3 aromatic rings. The van der Waals surface area contributed by atoms with Crippen molar-refractivity contribution in [3.8, 4) is 16.9 Å². The van der Waals surface area contributed by atoms with Crippen LogP contribution in [0.1, 0.15) is 19.8 Å². The van der Waals surface area contributed by atoms with Crippen molar-refractivity contribution in [3.05, 3.63) is 65.0 Å². The predicted octanol–water partition coefficient (Wildman–Crippen LogP) is 4.64. The quantitative estimate of drug-likeness (QED) is 0.644. The molecule has 22 heavy (non-hydrogen) atoms. The van der Waals surface area contributed by atoms with Crippen LogP contribution in [0.15, 0.2) is 64.0 Å². The van der Waals surface area contributed by atoms with E-state index >= 15 is 0 Å². The van der Waals surface area contributed by atoms with Crippen LogP contribution in [0, 0.1) is 0 Å². The number of unbranched alkanes of at least 4 members (excludes halogenated alkanes) is 1. The molecule has 0 aliphatic heterocycles. The molecule has 0 fully saturated rings. The van der Waals surface area contributed by atoms with Crippen LogP contribution in [0.3, 0.4) is 0 Å². The van der Waals surface area contributed by atoms with Crippen LogP contribution in [-0.2, 0) is 0 Å². The Balaban J connectivity index is 1.98. The fraction of sp³-hybridized carbons (Fsp3) is 0.211. The third kappa shape index (κ3) is 2.89. The highest BCUT2D eigenvalue weighted by Crippen LogP contribution is 2.23. The van der Waals surface area contributed by atoms with Gasteiger partial charge in [0.25, 0.3) is 0 Å². The topological polar surface area (TPSA) is 39.4 Å². The van der Waals surface area contributed by atoms with Gasteiger partial charge in [0.15, 0.2) is 5.43 Å². The smallest absolute Gasteiger partial charge is 0.200 e. The molecule has 0 unspecified atom stereocenters. The number of fused-ring (bicyclic) bond motifs is 1. The van der Waals surface area contributed by atoms with Gasteiger partial charge in [0.05, 0.1) is 17.6 Å². The van der Waals surface area contributed by atoms with Gasteiger partial charge in [0.2, 0.25) is 0 Å². The van der Waals surface area contributed by atoms with Crippen LogP contribution < -0.4 is 10.2 Å². The summed E-state index contributed by atoms with van der Waals surface area (Å²) in [5.74, 6) is 0.733. The molecule has 0 radical (unpaired) electrons. The summed E-state index contributed by atoms with van der Waals surface area (Å²) in [6.07, 6.45) is 3.62. The zero-order valence-corrected chi connectivity index (χ0v) is 12.5. The van der Waals surface area contributed by atoms with Gasteiger partial charge in [0.1, 0.15) is 17.6 Å². The van der Waals surface area contributed by atoms with E-state index in [1.807, 2.05) is 36.4 Å². The fourth-order valence-electron chi connectivity index (χ4n) is 2.35. The Labute approximate surface area is 129 Å². The summed E-state index contributed by atoms with van der Waals surface area (Å²) in [7, 11) is 0. The predicted molar refractivity (Wildman–Crippen MR) is 88.3 cm³/mol. The minimum Gasteiger partial charge on any atom is -0.493 e. The highest BCUT2D eigenvalue weighted by Gasteiger charge is 2.09. The molecule has 0 saturated heterocycles. The first-order valence-corrected chi connectivity index (χ1v) is 7.53. The van der Waals surface area contributed by atoms with Gasteiger partial charge in [-0.15, -0.1) is 0 Å². The lowest BCUT2D eigenvalue weighted by Gasteiger charge is -2.07. The lowest BCUT2D eigenvalue weighted by atomic mass is 10.1. The van der Waals surface area contributed by atoms with Gasteiger partial charge in [-0.25, -0.2) is 0 Å². The third-order valence-electron chi connectivity index (χ3n) is 3.60. The Bertz CT molecular complexity index is 819. The first kappa shape index (κ1) is 14.4. The Morgan fingerprint density at radius 3 is 2.68 bits per heavy atom. The van der Waals surface area contributed by atoms with Gasteiger partial charge in [0, 0.05) is 6.07 Å². The lowest BCUT2D eigenvalue weighted by molar-refractivity contribution is 0.309. The Kier molecular flexibility index (Phi) is 4.24. The standard InChI is InChI=1S/C19H18O3/c1-2-3-11-21-15-9-10-16-18(12-15)22-13-17(19(16)20)14-7-5-4-6-8-14/h4-10,12-13H,2-3,11H2,1H3. The van der Waals surface area contributed by atoms with Crippen LogP contribution in [0.25, 0.3) is 22.1 Å². The zero-order valence-electron chi connectivity index (χ0n) is 12.5. The second-order valence-corrected chi connectivity index (χ2v) is 5.20. The molecule has 1 aromatic heterocycles. The van der Waals surface area contributed by atoms with Crippen LogP contribution in [0.2, 0.25) is 0 Å². The Morgan fingerprint density at radius 2 is 1.91 bits per heavy atom.